The molecule has 0 saturated heterocycles. The van der Waals surface area contributed by atoms with Gasteiger partial charge in [-0.3, -0.25) is 9.59 Å². The number of rotatable bonds is 2. The molecule has 1 aliphatic rings. The van der Waals surface area contributed by atoms with Crippen LogP contribution in [0.4, 0.5) is 5.82 Å². The first-order valence-electron chi connectivity index (χ1n) is 7.39. The molecule has 0 radical (unpaired) electrons. The fraction of sp³-hybridized carbons (Fsp3) is 0.312. The first kappa shape index (κ1) is 16.0. The van der Waals surface area contributed by atoms with E-state index in [4.69, 9.17) is 0 Å². The van der Waals surface area contributed by atoms with Gasteiger partial charge in [-0.25, -0.2) is 8.10 Å². The van der Waals surface area contributed by atoms with Crippen molar-refractivity contribution < 1.29 is 9.90 Å². The minimum absolute atomic E-state index is 0.191. The van der Waals surface area contributed by atoms with Crippen LogP contribution in [0, 0.1) is 6.92 Å². The van der Waals surface area contributed by atoms with Gasteiger partial charge in [-0.05, 0) is 44.2 Å². The second kappa shape index (κ2) is 6.31. The van der Waals surface area contributed by atoms with Crippen molar-refractivity contribution in [1.29, 1.82) is 0 Å². The molecule has 0 aromatic carbocycles. The Hall–Kier alpha value is -1.90. The summed E-state index contributed by atoms with van der Waals surface area (Å²) >= 11 is 1.81. The van der Waals surface area contributed by atoms with E-state index in [0.29, 0.717) is 17.8 Å². The molecular formula is C16H16IN3O3. The smallest absolute Gasteiger partial charge is 0.277 e. The summed E-state index contributed by atoms with van der Waals surface area (Å²) < 4.78 is 1.27. The Morgan fingerprint density at radius 3 is 2.87 bits per heavy atom. The summed E-state index contributed by atoms with van der Waals surface area (Å²) in [5.41, 5.74) is 1.46. The Morgan fingerprint density at radius 1 is 1.39 bits per heavy atom. The molecular weight excluding hydrogens is 409 g/mol. The van der Waals surface area contributed by atoms with Crippen LogP contribution in [0.15, 0.2) is 23.1 Å². The Morgan fingerprint density at radius 2 is 2.13 bits per heavy atom. The predicted molar refractivity (Wildman–Crippen MR) is 95.2 cm³/mol. The lowest BCUT2D eigenvalue weighted by Crippen LogP contribution is -2.30. The zero-order valence-electron chi connectivity index (χ0n) is 12.6. The number of hydrogen-bond donors (Lipinski definition) is 2. The molecule has 0 unspecified atom stereocenters. The zero-order valence-corrected chi connectivity index (χ0v) is 14.8. The van der Waals surface area contributed by atoms with Gasteiger partial charge in [0.25, 0.3) is 11.5 Å². The van der Waals surface area contributed by atoms with Crippen LogP contribution in [0.25, 0.3) is 0 Å². The van der Waals surface area contributed by atoms with E-state index in [1.807, 2.05) is 35.9 Å². The Bertz CT molecular complexity index is 832. The largest absolute Gasteiger partial charge is 0.507 e. The van der Waals surface area contributed by atoms with E-state index >= 15 is 0 Å². The highest BCUT2D eigenvalue weighted by atomic mass is 127. The van der Waals surface area contributed by atoms with Gasteiger partial charge in [-0.2, -0.15) is 0 Å². The summed E-state index contributed by atoms with van der Waals surface area (Å²) in [7, 11) is 0. The fourth-order valence-electron chi connectivity index (χ4n) is 2.84. The van der Waals surface area contributed by atoms with Gasteiger partial charge in [0, 0.05) is 17.5 Å². The summed E-state index contributed by atoms with van der Waals surface area (Å²) in [5, 5.41) is 10.5. The quantitative estimate of drug-likeness (QED) is 0.573. The number of carbonyl (C=O) groups is 1. The molecule has 2 aromatic heterocycles. The van der Waals surface area contributed by atoms with E-state index in [1.54, 1.807) is 12.3 Å². The maximum absolute atomic E-state index is 12.7. The fourth-order valence-corrected chi connectivity index (χ4v) is 3.58. The Balaban J connectivity index is 2.06. The van der Waals surface area contributed by atoms with Gasteiger partial charge in [0.1, 0.15) is 17.1 Å². The number of pyridine rings is 2. The minimum atomic E-state index is -0.570. The van der Waals surface area contributed by atoms with Crippen LogP contribution in [-0.4, -0.2) is 21.0 Å². The number of fused-ring (bicyclic) bond motifs is 1. The lowest BCUT2D eigenvalue weighted by atomic mass is 9.93. The number of H-pyrrole nitrogens is 1. The third-order valence-electron chi connectivity index (χ3n) is 4.04. The van der Waals surface area contributed by atoms with Crippen molar-refractivity contribution >= 4 is 34.6 Å². The van der Waals surface area contributed by atoms with E-state index in [9.17, 15) is 14.7 Å². The molecule has 0 atom stereocenters. The summed E-state index contributed by atoms with van der Waals surface area (Å²) in [6, 6.07) is 3.61. The van der Waals surface area contributed by atoms with Crippen molar-refractivity contribution in [1.82, 2.24) is 9.97 Å². The molecule has 2 heterocycles. The first-order chi connectivity index (χ1) is 11.0. The van der Waals surface area contributed by atoms with Crippen LogP contribution < -0.4 is 8.67 Å². The second-order valence-electron chi connectivity index (χ2n) is 5.57. The first-order valence-corrected chi connectivity index (χ1v) is 8.36. The van der Waals surface area contributed by atoms with Crippen molar-refractivity contribution in [2.24, 2.45) is 0 Å². The predicted octanol–water partition coefficient (Wildman–Crippen LogP) is 2.66. The monoisotopic (exact) mass is 425 g/mol. The number of amides is 1. The highest BCUT2D eigenvalue weighted by Gasteiger charge is 2.28. The number of carbonyl (C=O) groups excluding carboxylic acids is 1. The van der Waals surface area contributed by atoms with Crippen LogP contribution in [-0.2, 0) is 12.8 Å². The number of aromatic amines is 1. The number of aryl methyl sites for hydroxylation is 2. The molecule has 0 saturated carbocycles. The Labute approximate surface area is 147 Å². The highest BCUT2D eigenvalue weighted by molar-refractivity contribution is 14.1. The second-order valence-corrected chi connectivity index (χ2v) is 6.54. The number of halogens is 1. The van der Waals surface area contributed by atoms with Crippen LogP contribution in [0.1, 0.15) is 40.0 Å². The lowest BCUT2D eigenvalue weighted by molar-refractivity contribution is 0.101. The van der Waals surface area contributed by atoms with Crippen LogP contribution in [0.3, 0.4) is 0 Å². The van der Waals surface area contributed by atoms with E-state index < -0.39 is 11.5 Å². The molecule has 120 valence electrons. The van der Waals surface area contributed by atoms with E-state index in [-0.39, 0.29) is 11.3 Å². The maximum atomic E-state index is 12.7. The topological polar surface area (TPSA) is 86.3 Å². The minimum Gasteiger partial charge on any atom is -0.507 e. The molecule has 23 heavy (non-hydrogen) atoms. The van der Waals surface area contributed by atoms with Crippen molar-refractivity contribution in [3.63, 3.8) is 0 Å². The van der Waals surface area contributed by atoms with Crippen LogP contribution in [0.2, 0.25) is 0 Å². The zero-order chi connectivity index (χ0) is 16.6. The summed E-state index contributed by atoms with van der Waals surface area (Å²) in [5.74, 6) is -0.308. The van der Waals surface area contributed by atoms with Crippen LogP contribution in [0.5, 0.6) is 5.75 Å². The number of aromatic hydroxyl groups is 1. The normalized spacial score (nSPS) is 13.5. The number of aromatic nitrogens is 2. The molecule has 6 nitrogen and oxygen atoms in total. The molecule has 7 heteroatoms. The lowest BCUT2D eigenvalue weighted by Gasteiger charge is -2.20. The van der Waals surface area contributed by atoms with Gasteiger partial charge in [0.2, 0.25) is 0 Å². The number of anilines is 1. The molecule has 0 spiro atoms. The third-order valence-corrected chi connectivity index (χ3v) is 4.94. The Kier molecular flexibility index (Phi) is 4.38. The van der Waals surface area contributed by atoms with Crippen LogP contribution >= 0.6 is 22.9 Å². The average Bonchev–Trinajstić information content (AvgIpc) is 2.54. The summed E-state index contributed by atoms with van der Waals surface area (Å²) in [4.78, 5) is 31.9. The summed E-state index contributed by atoms with van der Waals surface area (Å²) in [6.07, 6.45) is 4.88. The summed E-state index contributed by atoms with van der Waals surface area (Å²) in [6.45, 7) is 1.83. The van der Waals surface area contributed by atoms with Crippen molar-refractivity contribution in [3.05, 3.63) is 51.1 Å². The molecule has 1 aliphatic carbocycles. The maximum Gasteiger partial charge on any atom is 0.277 e. The number of nitrogens with zero attached hydrogens (tertiary/aromatic N) is 2. The van der Waals surface area contributed by atoms with E-state index in [0.717, 1.165) is 30.5 Å². The van der Waals surface area contributed by atoms with Gasteiger partial charge >= 0.3 is 0 Å². The molecule has 0 aliphatic heterocycles. The molecule has 1 amide bonds. The van der Waals surface area contributed by atoms with Gasteiger partial charge in [-0.1, -0.05) is 6.07 Å². The van der Waals surface area contributed by atoms with Gasteiger partial charge in [0.15, 0.2) is 0 Å². The van der Waals surface area contributed by atoms with Gasteiger partial charge < -0.3 is 10.1 Å². The third kappa shape index (κ3) is 2.85. The molecule has 0 fully saturated rings. The van der Waals surface area contributed by atoms with E-state index in [1.165, 1.54) is 3.11 Å². The van der Waals surface area contributed by atoms with Crippen molar-refractivity contribution in [3.8, 4) is 5.75 Å². The van der Waals surface area contributed by atoms with Gasteiger partial charge in [0.05, 0.1) is 22.9 Å². The standard InChI is InChI=1S/C16H16IN3O3/c1-9-5-4-8-18-14(9)20(17)16(23)12-13(21)10-6-2-3-7-11(10)19-15(12)22/h4-5,8H,2-3,6-7H2,1H3,(H2,19,21,22). The molecule has 3 rings (SSSR count). The number of nitrogens with one attached hydrogen (secondary N) is 1. The molecule has 2 N–H and O–H groups in total. The average molecular weight is 425 g/mol. The SMILES string of the molecule is Cc1cccnc1N(I)C(=O)c1c(O)c2c([nH]c1=O)CCCC2. The molecule has 0 bridgehead atoms. The molecule has 2 aromatic rings. The highest BCUT2D eigenvalue weighted by Crippen LogP contribution is 2.31. The number of hydrogen-bond acceptors (Lipinski definition) is 4. The van der Waals surface area contributed by atoms with Crippen molar-refractivity contribution in [2.75, 3.05) is 3.11 Å². The van der Waals surface area contributed by atoms with Crippen molar-refractivity contribution in [2.45, 2.75) is 32.6 Å². The van der Waals surface area contributed by atoms with Gasteiger partial charge in [-0.15, -0.1) is 0 Å². The van der Waals surface area contributed by atoms with E-state index in [2.05, 4.69) is 9.97 Å².